The number of nitrogens with one attached hydrogen (secondary N) is 1. The molecule has 0 aromatic carbocycles. The lowest BCUT2D eigenvalue weighted by Gasteiger charge is -2.06. The number of halogens is 1. The van der Waals surface area contributed by atoms with Gasteiger partial charge in [0.25, 0.3) is 5.56 Å². The van der Waals surface area contributed by atoms with Gasteiger partial charge in [0.2, 0.25) is 0 Å². The Morgan fingerprint density at radius 1 is 1.50 bits per heavy atom. The van der Waals surface area contributed by atoms with Crippen molar-refractivity contribution in [2.45, 2.75) is 26.7 Å². The summed E-state index contributed by atoms with van der Waals surface area (Å²) in [5.74, 6) is 0.923. The van der Waals surface area contributed by atoms with Crippen LogP contribution in [0.25, 0.3) is 0 Å². The van der Waals surface area contributed by atoms with E-state index >= 15 is 0 Å². The van der Waals surface area contributed by atoms with Gasteiger partial charge >= 0.3 is 0 Å². The lowest BCUT2D eigenvalue weighted by Crippen LogP contribution is -2.14. The van der Waals surface area contributed by atoms with Gasteiger partial charge < -0.3 is 4.98 Å². The number of aromatic amines is 1. The highest BCUT2D eigenvalue weighted by atomic mass is 79.9. The lowest BCUT2D eigenvalue weighted by molar-refractivity contribution is 0.786. The Bertz CT molecular complexity index is 343. The number of rotatable bonds is 1. The predicted molar refractivity (Wildman–Crippen MR) is 51.4 cm³/mol. The maximum absolute atomic E-state index is 11.2. The molecule has 0 unspecified atom stereocenters. The molecule has 0 bridgehead atoms. The molecular formula is C8H11BrN2O. The highest BCUT2D eigenvalue weighted by Crippen LogP contribution is 2.18. The molecule has 4 heteroatoms. The standard InChI is InChI=1S/C8H11BrN2O/c1-4(2)7-6(9)8(12)11-5(3)10-7/h4H,1-3H3,(H,10,11,12). The van der Waals surface area contributed by atoms with Gasteiger partial charge in [0.1, 0.15) is 10.3 Å². The summed E-state index contributed by atoms with van der Waals surface area (Å²) in [6, 6.07) is 0. The SMILES string of the molecule is Cc1nc(C(C)C)c(Br)c(=O)[nH]1. The topological polar surface area (TPSA) is 45.8 Å². The third-order valence-electron chi connectivity index (χ3n) is 1.55. The Morgan fingerprint density at radius 3 is 2.58 bits per heavy atom. The number of aryl methyl sites for hydroxylation is 1. The Balaban J connectivity index is 3.38. The van der Waals surface area contributed by atoms with Crippen molar-refractivity contribution in [1.82, 2.24) is 9.97 Å². The van der Waals surface area contributed by atoms with E-state index in [1.165, 1.54) is 0 Å². The van der Waals surface area contributed by atoms with Gasteiger partial charge in [-0.2, -0.15) is 0 Å². The molecule has 12 heavy (non-hydrogen) atoms. The third-order valence-corrected chi connectivity index (χ3v) is 2.32. The number of hydrogen-bond acceptors (Lipinski definition) is 2. The van der Waals surface area contributed by atoms with Gasteiger partial charge in [0, 0.05) is 0 Å². The minimum absolute atomic E-state index is 0.105. The van der Waals surface area contributed by atoms with E-state index < -0.39 is 0 Å². The first kappa shape index (κ1) is 9.45. The molecule has 0 fully saturated rings. The first-order valence-corrected chi connectivity index (χ1v) is 4.58. The van der Waals surface area contributed by atoms with Gasteiger partial charge in [-0.05, 0) is 28.8 Å². The second-order valence-corrected chi connectivity index (χ2v) is 3.80. The Labute approximate surface area is 79.4 Å². The van der Waals surface area contributed by atoms with Crippen LogP contribution in [0.5, 0.6) is 0 Å². The Kier molecular flexibility index (Phi) is 2.67. The minimum Gasteiger partial charge on any atom is -0.310 e. The maximum atomic E-state index is 11.2. The van der Waals surface area contributed by atoms with Gasteiger partial charge in [-0.15, -0.1) is 0 Å². The molecule has 0 amide bonds. The molecule has 1 aromatic heterocycles. The summed E-state index contributed by atoms with van der Waals surface area (Å²) >= 11 is 3.21. The second-order valence-electron chi connectivity index (χ2n) is 3.01. The van der Waals surface area contributed by atoms with E-state index in [1.807, 2.05) is 13.8 Å². The van der Waals surface area contributed by atoms with Crippen molar-refractivity contribution >= 4 is 15.9 Å². The highest BCUT2D eigenvalue weighted by Gasteiger charge is 2.09. The minimum atomic E-state index is -0.105. The van der Waals surface area contributed by atoms with Crippen LogP contribution >= 0.6 is 15.9 Å². The first-order valence-electron chi connectivity index (χ1n) is 3.78. The fourth-order valence-electron chi connectivity index (χ4n) is 0.976. The van der Waals surface area contributed by atoms with Gasteiger partial charge in [-0.3, -0.25) is 4.79 Å². The van der Waals surface area contributed by atoms with Gasteiger partial charge in [-0.1, -0.05) is 13.8 Å². The van der Waals surface area contributed by atoms with Crippen LogP contribution in [-0.2, 0) is 0 Å². The van der Waals surface area contributed by atoms with Crippen LogP contribution in [0, 0.1) is 6.92 Å². The van der Waals surface area contributed by atoms with Crippen molar-refractivity contribution in [2.75, 3.05) is 0 Å². The van der Waals surface area contributed by atoms with Crippen LogP contribution in [0.3, 0.4) is 0 Å². The molecular weight excluding hydrogens is 220 g/mol. The molecule has 0 saturated heterocycles. The van der Waals surface area contributed by atoms with Crippen molar-refractivity contribution in [1.29, 1.82) is 0 Å². The zero-order chi connectivity index (χ0) is 9.30. The molecule has 3 nitrogen and oxygen atoms in total. The fraction of sp³-hybridized carbons (Fsp3) is 0.500. The summed E-state index contributed by atoms with van der Waals surface area (Å²) in [7, 11) is 0. The van der Waals surface area contributed by atoms with Crippen LogP contribution in [-0.4, -0.2) is 9.97 Å². The maximum Gasteiger partial charge on any atom is 0.265 e. The van der Waals surface area contributed by atoms with Crippen molar-refractivity contribution < 1.29 is 0 Å². The molecule has 1 aromatic rings. The highest BCUT2D eigenvalue weighted by molar-refractivity contribution is 9.10. The molecule has 66 valence electrons. The van der Waals surface area contributed by atoms with E-state index in [-0.39, 0.29) is 11.5 Å². The molecule has 0 aliphatic heterocycles. The zero-order valence-electron chi connectivity index (χ0n) is 7.31. The zero-order valence-corrected chi connectivity index (χ0v) is 8.90. The van der Waals surface area contributed by atoms with E-state index in [1.54, 1.807) is 6.92 Å². The molecule has 0 aliphatic carbocycles. The van der Waals surface area contributed by atoms with Gasteiger partial charge in [0.15, 0.2) is 0 Å². The quantitative estimate of drug-likeness (QED) is 0.802. The lowest BCUT2D eigenvalue weighted by atomic mass is 10.1. The fourth-order valence-corrected chi connectivity index (χ4v) is 1.62. The molecule has 0 aliphatic rings. The van der Waals surface area contributed by atoms with E-state index in [0.29, 0.717) is 10.3 Å². The second kappa shape index (κ2) is 3.39. The summed E-state index contributed by atoms with van der Waals surface area (Å²) < 4.78 is 0.545. The molecule has 1 heterocycles. The summed E-state index contributed by atoms with van der Waals surface area (Å²) in [4.78, 5) is 18.1. The predicted octanol–water partition coefficient (Wildman–Crippen LogP) is 1.96. The summed E-state index contributed by atoms with van der Waals surface area (Å²) in [6.07, 6.45) is 0. The van der Waals surface area contributed by atoms with Crippen molar-refractivity contribution in [3.63, 3.8) is 0 Å². The van der Waals surface area contributed by atoms with Crippen LogP contribution in [0.2, 0.25) is 0 Å². The van der Waals surface area contributed by atoms with E-state index in [2.05, 4.69) is 25.9 Å². The molecule has 0 atom stereocenters. The number of H-pyrrole nitrogens is 1. The van der Waals surface area contributed by atoms with Crippen LogP contribution in [0.15, 0.2) is 9.27 Å². The van der Waals surface area contributed by atoms with Gasteiger partial charge in [-0.25, -0.2) is 4.98 Å². The third kappa shape index (κ3) is 1.75. The first-order chi connectivity index (χ1) is 5.52. The largest absolute Gasteiger partial charge is 0.310 e. The van der Waals surface area contributed by atoms with Crippen molar-refractivity contribution in [3.05, 3.63) is 26.3 Å². The summed E-state index contributed by atoms with van der Waals surface area (Å²) in [6.45, 7) is 5.79. The van der Waals surface area contributed by atoms with Crippen molar-refractivity contribution in [3.8, 4) is 0 Å². The van der Waals surface area contributed by atoms with Gasteiger partial charge in [0.05, 0.1) is 5.69 Å². The van der Waals surface area contributed by atoms with E-state index in [9.17, 15) is 4.79 Å². The average Bonchev–Trinajstić information content (AvgIpc) is 1.96. The number of hydrogen-bond donors (Lipinski definition) is 1. The molecule has 0 radical (unpaired) electrons. The monoisotopic (exact) mass is 230 g/mol. The molecule has 1 N–H and O–H groups in total. The summed E-state index contributed by atoms with van der Waals surface area (Å²) in [5.41, 5.74) is 0.711. The van der Waals surface area contributed by atoms with E-state index in [4.69, 9.17) is 0 Å². The van der Waals surface area contributed by atoms with Crippen LogP contribution in [0.4, 0.5) is 0 Å². The van der Waals surface area contributed by atoms with E-state index in [0.717, 1.165) is 5.69 Å². The van der Waals surface area contributed by atoms with Crippen molar-refractivity contribution in [2.24, 2.45) is 0 Å². The van der Waals surface area contributed by atoms with Crippen LogP contribution in [0.1, 0.15) is 31.3 Å². The smallest absolute Gasteiger partial charge is 0.265 e. The Morgan fingerprint density at radius 2 is 2.08 bits per heavy atom. The Hall–Kier alpha value is -0.640. The molecule has 1 rings (SSSR count). The normalized spacial score (nSPS) is 10.8. The molecule has 0 saturated carbocycles. The average molecular weight is 231 g/mol. The summed E-state index contributed by atoms with van der Waals surface area (Å²) in [5, 5.41) is 0. The number of nitrogens with zero attached hydrogens (tertiary/aromatic N) is 1. The van der Waals surface area contributed by atoms with Crippen LogP contribution < -0.4 is 5.56 Å². The number of aromatic nitrogens is 2. The molecule has 0 spiro atoms.